The van der Waals surface area contributed by atoms with Gasteiger partial charge in [0.1, 0.15) is 0 Å². The van der Waals surface area contributed by atoms with Crippen molar-refractivity contribution in [3.05, 3.63) is 59.1 Å². The quantitative estimate of drug-likeness (QED) is 0.594. The van der Waals surface area contributed by atoms with Crippen LogP contribution in [0.15, 0.2) is 53.4 Å². The van der Waals surface area contributed by atoms with Crippen molar-refractivity contribution in [2.24, 2.45) is 0 Å². The highest BCUT2D eigenvalue weighted by molar-refractivity contribution is 7.92. The summed E-state index contributed by atoms with van der Waals surface area (Å²) in [7, 11) is -3.83. The maximum Gasteiger partial charge on any atom is 0.261 e. The first-order valence-electron chi connectivity index (χ1n) is 10.3. The fourth-order valence-electron chi connectivity index (χ4n) is 3.65. The molecule has 1 aliphatic rings. The van der Waals surface area contributed by atoms with Gasteiger partial charge in [-0.1, -0.05) is 30.2 Å². The van der Waals surface area contributed by atoms with Crippen LogP contribution in [0.25, 0.3) is 0 Å². The van der Waals surface area contributed by atoms with Crippen LogP contribution >= 0.6 is 11.6 Å². The number of anilines is 1. The lowest BCUT2D eigenvalue weighted by Crippen LogP contribution is -2.39. The number of carbonyl (C=O) groups is 1. The molecule has 6 nitrogen and oxygen atoms in total. The fourth-order valence-corrected chi connectivity index (χ4v) is 4.93. The first-order valence-corrected chi connectivity index (χ1v) is 12.1. The van der Waals surface area contributed by atoms with Crippen molar-refractivity contribution in [3.63, 3.8) is 0 Å². The zero-order valence-corrected chi connectivity index (χ0v) is 18.7. The lowest BCUT2D eigenvalue weighted by atomic mass is 10.0. The molecule has 0 aromatic heterocycles. The van der Waals surface area contributed by atoms with E-state index >= 15 is 0 Å². The summed E-state index contributed by atoms with van der Waals surface area (Å²) < 4.78 is 27.8. The highest BCUT2D eigenvalue weighted by Gasteiger charge is 2.18. The molecule has 0 spiro atoms. The highest BCUT2D eigenvalue weighted by atomic mass is 35.5. The Kier molecular flexibility index (Phi) is 7.75. The molecule has 1 fully saturated rings. The van der Waals surface area contributed by atoms with Crippen LogP contribution in [0.1, 0.15) is 43.0 Å². The van der Waals surface area contributed by atoms with Crippen LogP contribution < -0.4 is 10.0 Å². The number of piperidine rings is 1. The normalized spacial score (nSPS) is 17.5. The van der Waals surface area contributed by atoms with Crippen LogP contribution in [0.5, 0.6) is 0 Å². The Morgan fingerprint density at radius 3 is 2.73 bits per heavy atom. The third-order valence-corrected chi connectivity index (χ3v) is 6.95. The second kappa shape index (κ2) is 10.3. The monoisotopic (exact) mass is 449 g/mol. The molecule has 1 atom stereocenters. The smallest absolute Gasteiger partial charge is 0.261 e. The molecule has 1 unspecified atom stereocenters. The van der Waals surface area contributed by atoms with Gasteiger partial charge < -0.3 is 10.2 Å². The standard InChI is InChI=1S/C22H28ClN3O3S/c1-17-7-2-3-13-26(17)14-6-12-24-22(27)18-8-4-11-21(15-18)30(28,29)25-20-10-5-9-19(23)16-20/h4-5,8-11,15-17,25H,2-3,6-7,12-14H2,1H3,(H,24,27). The Bertz CT molecular complexity index is 981. The molecule has 1 saturated heterocycles. The largest absolute Gasteiger partial charge is 0.352 e. The predicted octanol–water partition coefficient (Wildman–Crippen LogP) is 4.14. The molecule has 1 heterocycles. The minimum Gasteiger partial charge on any atom is -0.352 e. The van der Waals surface area contributed by atoms with E-state index in [-0.39, 0.29) is 10.8 Å². The molecule has 8 heteroatoms. The number of likely N-dealkylation sites (tertiary alicyclic amines) is 1. The number of carbonyl (C=O) groups excluding carboxylic acids is 1. The van der Waals surface area contributed by atoms with Gasteiger partial charge in [-0.15, -0.1) is 0 Å². The van der Waals surface area contributed by atoms with E-state index in [1.54, 1.807) is 30.3 Å². The summed E-state index contributed by atoms with van der Waals surface area (Å²) in [5, 5.41) is 3.32. The second-order valence-electron chi connectivity index (χ2n) is 7.63. The Hall–Kier alpha value is -2.09. The molecule has 1 amide bonds. The SMILES string of the molecule is CC1CCCCN1CCCNC(=O)c1cccc(S(=O)(=O)Nc2cccc(Cl)c2)c1. The second-order valence-corrected chi connectivity index (χ2v) is 9.75. The molecule has 1 aliphatic heterocycles. The number of benzene rings is 2. The van der Waals surface area contributed by atoms with Gasteiger partial charge in [-0.2, -0.15) is 0 Å². The van der Waals surface area contributed by atoms with Gasteiger partial charge in [-0.3, -0.25) is 9.52 Å². The molecule has 2 N–H and O–H groups in total. The first kappa shape index (κ1) is 22.6. The number of halogens is 1. The van der Waals surface area contributed by atoms with Crippen molar-refractivity contribution < 1.29 is 13.2 Å². The zero-order valence-electron chi connectivity index (χ0n) is 17.1. The van der Waals surface area contributed by atoms with Crippen LogP contribution in [-0.2, 0) is 10.0 Å². The van der Waals surface area contributed by atoms with E-state index in [0.717, 1.165) is 19.5 Å². The summed E-state index contributed by atoms with van der Waals surface area (Å²) in [6.07, 6.45) is 4.63. The van der Waals surface area contributed by atoms with Gasteiger partial charge in [0.2, 0.25) is 0 Å². The number of sulfonamides is 1. The average molecular weight is 450 g/mol. The number of hydrogen-bond acceptors (Lipinski definition) is 4. The minimum atomic E-state index is -3.83. The van der Waals surface area contributed by atoms with Crippen molar-refractivity contribution in [1.82, 2.24) is 10.2 Å². The van der Waals surface area contributed by atoms with Crippen LogP contribution in [0, 0.1) is 0 Å². The maximum atomic E-state index is 12.7. The molecule has 0 radical (unpaired) electrons. The van der Waals surface area contributed by atoms with Gasteiger partial charge in [-0.25, -0.2) is 8.42 Å². The van der Waals surface area contributed by atoms with Gasteiger partial charge in [0.15, 0.2) is 0 Å². The summed E-state index contributed by atoms with van der Waals surface area (Å²) in [4.78, 5) is 15.0. The summed E-state index contributed by atoms with van der Waals surface area (Å²) in [6, 6.07) is 13.1. The lowest BCUT2D eigenvalue weighted by Gasteiger charge is -2.33. The molecule has 0 bridgehead atoms. The number of nitrogens with zero attached hydrogens (tertiary/aromatic N) is 1. The van der Waals surface area contributed by atoms with Crippen molar-refractivity contribution in [1.29, 1.82) is 0 Å². The Balaban J connectivity index is 1.56. The third kappa shape index (κ3) is 6.20. The van der Waals surface area contributed by atoms with E-state index in [9.17, 15) is 13.2 Å². The molecular weight excluding hydrogens is 422 g/mol. The van der Waals surface area contributed by atoms with Gasteiger partial charge in [-0.05, 0) is 69.1 Å². The zero-order chi connectivity index (χ0) is 21.6. The fraction of sp³-hybridized carbons (Fsp3) is 0.409. The van der Waals surface area contributed by atoms with E-state index < -0.39 is 10.0 Å². The van der Waals surface area contributed by atoms with Crippen molar-refractivity contribution >= 4 is 33.2 Å². The number of amides is 1. The first-order chi connectivity index (χ1) is 14.3. The van der Waals surface area contributed by atoms with Crippen molar-refractivity contribution in [2.45, 2.75) is 43.5 Å². The van der Waals surface area contributed by atoms with E-state index in [1.807, 2.05) is 0 Å². The van der Waals surface area contributed by atoms with Crippen LogP contribution in [0.2, 0.25) is 5.02 Å². The van der Waals surface area contributed by atoms with Gasteiger partial charge in [0.05, 0.1) is 10.6 Å². The number of hydrogen-bond donors (Lipinski definition) is 2. The van der Waals surface area contributed by atoms with E-state index in [1.165, 1.54) is 37.5 Å². The summed E-state index contributed by atoms with van der Waals surface area (Å²) in [5.74, 6) is -0.276. The summed E-state index contributed by atoms with van der Waals surface area (Å²) >= 11 is 5.91. The minimum absolute atomic E-state index is 0.0252. The van der Waals surface area contributed by atoms with Gasteiger partial charge >= 0.3 is 0 Å². The molecule has 2 aromatic carbocycles. The highest BCUT2D eigenvalue weighted by Crippen LogP contribution is 2.20. The molecule has 3 rings (SSSR count). The van der Waals surface area contributed by atoms with Crippen LogP contribution in [0.4, 0.5) is 5.69 Å². The van der Waals surface area contributed by atoms with E-state index in [4.69, 9.17) is 11.6 Å². The predicted molar refractivity (Wildman–Crippen MR) is 121 cm³/mol. The molecule has 2 aromatic rings. The lowest BCUT2D eigenvalue weighted by molar-refractivity contribution is 0.0948. The topological polar surface area (TPSA) is 78.5 Å². The maximum absolute atomic E-state index is 12.7. The number of nitrogens with one attached hydrogen (secondary N) is 2. The Morgan fingerprint density at radius 2 is 1.97 bits per heavy atom. The molecule has 30 heavy (non-hydrogen) atoms. The van der Waals surface area contributed by atoms with Gasteiger partial charge in [0, 0.05) is 29.7 Å². The molecule has 0 aliphatic carbocycles. The molecular formula is C22H28ClN3O3S. The molecule has 0 saturated carbocycles. The number of rotatable bonds is 8. The van der Waals surface area contributed by atoms with Crippen LogP contribution in [0.3, 0.4) is 0 Å². The van der Waals surface area contributed by atoms with Crippen molar-refractivity contribution in [3.8, 4) is 0 Å². The van der Waals surface area contributed by atoms with E-state index in [0.29, 0.717) is 28.9 Å². The Morgan fingerprint density at radius 1 is 1.17 bits per heavy atom. The van der Waals surface area contributed by atoms with Gasteiger partial charge in [0.25, 0.3) is 15.9 Å². The third-order valence-electron chi connectivity index (χ3n) is 5.33. The summed E-state index contributed by atoms with van der Waals surface area (Å²) in [6.45, 7) is 4.88. The Labute approximate surface area is 183 Å². The average Bonchev–Trinajstić information content (AvgIpc) is 2.72. The summed E-state index contributed by atoms with van der Waals surface area (Å²) in [5.41, 5.74) is 0.680. The van der Waals surface area contributed by atoms with Crippen molar-refractivity contribution in [2.75, 3.05) is 24.4 Å². The molecule has 162 valence electrons. The van der Waals surface area contributed by atoms with Crippen LogP contribution in [-0.4, -0.2) is 44.9 Å². The van der Waals surface area contributed by atoms with E-state index in [2.05, 4.69) is 21.9 Å².